The monoisotopic (exact) mass is 469 g/mol. The molecule has 0 aromatic heterocycles. The lowest BCUT2D eigenvalue weighted by Crippen LogP contribution is -2.32. The van der Waals surface area contributed by atoms with E-state index >= 15 is 0 Å². The zero-order valence-electron chi connectivity index (χ0n) is 15.4. The minimum Gasteiger partial charge on any atom is -0.389 e. The van der Waals surface area contributed by atoms with Gasteiger partial charge in [0.25, 0.3) is 17.3 Å². The lowest BCUT2D eigenvalue weighted by atomic mass is 10.3. The van der Waals surface area contributed by atoms with Gasteiger partial charge in [-0.1, -0.05) is 0 Å². The number of alkyl halides is 9. The number of halogens is 9. The molecule has 0 unspecified atom stereocenters. The molecule has 0 bridgehead atoms. The number of hydrogen-bond donors (Lipinski definition) is 2. The maximum atomic E-state index is 12.2. The van der Waals surface area contributed by atoms with Crippen LogP contribution in [0.2, 0.25) is 0 Å². The van der Waals surface area contributed by atoms with Crippen molar-refractivity contribution in [3.05, 3.63) is 36.8 Å². The number of nitrogens with one attached hydrogen (secondary N) is 2. The van der Waals surface area contributed by atoms with Gasteiger partial charge in [-0.15, -0.1) is 0 Å². The third kappa shape index (κ3) is 13.0. The maximum Gasteiger partial charge on any atom is 0.454 e. The lowest BCUT2D eigenvalue weighted by molar-refractivity contribution is -0.165. The van der Waals surface area contributed by atoms with E-state index in [9.17, 15) is 53.9 Å². The molecule has 0 aliphatic carbocycles. The minimum absolute atomic E-state index is 0.168. The molecule has 0 rings (SSSR count). The van der Waals surface area contributed by atoms with E-state index in [0.717, 1.165) is 11.1 Å². The molecule has 0 atom stereocenters. The highest BCUT2D eigenvalue weighted by atomic mass is 19.4. The highest BCUT2D eigenvalue weighted by molar-refractivity contribution is 5.95. The Morgan fingerprint density at radius 1 is 0.613 bits per heavy atom. The van der Waals surface area contributed by atoms with Crippen LogP contribution in [-0.4, -0.2) is 67.0 Å². The normalized spacial score (nSPS) is 13.2. The van der Waals surface area contributed by atoms with Gasteiger partial charge >= 0.3 is 18.5 Å². The SMILES string of the molecule is O=C(/C=C/NCCN(/C=C/C(=O)C(F)(F)F)CCN/C=C/C(=O)C(F)(F)F)C(F)(F)F. The van der Waals surface area contributed by atoms with Crippen molar-refractivity contribution < 1.29 is 53.9 Å². The fourth-order valence-electron chi connectivity index (χ4n) is 1.57. The van der Waals surface area contributed by atoms with Crippen LogP contribution in [0.25, 0.3) is 0 Å². The number of allylic oxidation sites excluding steroid dienone is 3. The third-order valence-electron chi connectivity index (χ3n) is 3.07. The van der Waals surface area contributed by atoms with Crippen molar-refractivity contribution in [1.29, 1.82) is 0 Å². The Kier molecular flexibility index (Phi) is 10.8. The summed E-state index contributed by atoms with van der Waals surface area (Å²) in [5, 5.41) is 4.56. The standard InChI is InChI=1S/C16H16F9N3O3/c17-14(18,19)11(29)1-4-26-6-9-28(8-3-13(31)16(23,24)25)10-7-27-5-2-12(30)15(20,21)22/h1-5,8,26-27H,6-7,9-10H2/b4-1+,5-2+,8-3+. The molecular formula is C16H16F9N3O3. The highest BCUT2D eigenvalue weighted by Gasteiger charge is 2.37. The van der Waals surface area contributed by atoms with Crippen LogP contribution in [0, 0.1) is 0 Å². The molecule has 0 aromatic carbocycles. The minimum atomic E-state index is -5.14. The van der Waals surface area contributed by atoms with E-state index in [0.29, 0.717) is 12.4 Å². The number of rotatable bonds is 12. The molecule has 2 N–H and O–H groups in total. The number of carbonyl (C=O) groups is 3. The Morgan fingerprint density at radius 2 is 0.935 bits per heavy atom. The first-order chi connectivity index (χ1) is 14.0. The number of hydrogen-bond acceptors (Lipinski definition) is 6. The predicted octanol–water partition coefficient (Wildman–Crippen LogP) is 2.40. The van der Waals surface area contributed by atoms with E-state index in [1.54, 1.807) is 0 Å². The lowest BCUT2D eigenvalue weighted by Gasteiger charge is -2.20. The third-order valence-corrected chi connectivity index (χ3v) is 3.07. The summed E-state index contributed by atoms with van der Waals surface area (Å²) in [6.07, 6.45) is -12.6. The van der Waals surface area contributed by atoms with E-state index in [-0.39, 0.29) is 44.4 Å². The highest BCUT2D eigenvalue weighted by Crippen LogP contribution is 2.17. The Balaban J connectivity index is 4.76. The molecule has 0 fully saturated rings. The average molecular weight is 469 g/mol. The van der Waals surface area contributed by atoms with Gasteiger partial charge in [0.1, 0.15) is 0 Å². The molecule has 0 saturated heterocycles. The van der Waals surface area contributed by atoms with Gasteiger partial charge in [-0.3, -0.25) is 14.4 Å². The van der Waals surface area contributed by atoms with Gasteiger partial charge in [0, 0.05) is 63.0 Å². The van der Waals surface area contributed by atoms with Crippen LogP contribution >= 0.6 is 0 Å². The number of nitrogens with zero attached hydrogens (tertiary/aromatic N) is 1. The summed E-state index contributed by atoms with van der Waals surface area (Å²) < 4.78 is 109. The summed E-state index contributed by atoms with van der Waals surface area (Å²) in [4.78, 5) is 33.2. The van der Waals surface area contributed by atoms with Crippen molar-refractivity contribution in [2.75, 3.05) is 26.2 Å². The predicted molar refractivity (Wildman–Crippen MR) is 88.2 cm³/mol. The first-order valence-electron chi connectivity index (χ1n) is 8.10. The Hall–Kier alpha value is -3.00. The van der Waals surface area contributed by atoms with Crippen molar-refractivity contribution in [1.82, 2.24) is 15.5 Å². The molecule has 0 aromatic rings. The van der Waals surface area contributed by atoms with Gasteiger partial charge in [0.15, 0.2) is 0 Å². The van der Waals surface area contributed by atoms with Gasteiger partial charge < -0.3 is 15.5 Å². The van der Waals surface area contributed by atoms with Crippen LogP contribution in [0.1, 0.15) is 0 Å². The van der Waals surface area contributed by atoms with Gasteiger partial charge in [-0.25, -0.2) is 0 Å². The Labute approximate surface area is 169 Å². The van der Waals surface area contributed by atoms with Crippen LogP contribution in [0.15, 0.2) is 36.8 Å². The van der Waals surface area contributed by atoms with Crippen LogP contribution in [-0.2, 0) is 14.4 Å². The van der Waals surface area contributed by atoms with Crippen LogP contribution in [0.4, 0.5) is 39.5 Å². The van der Waals surface area contributed by atoms with Gasteiger partial charge in [-0.05, 0) is 0 Å². The van der Waals surface area contributed by atoms with Crippen molar-refractivity contribution in [3.8, 4) is 0 Å². The number of ketones is 3. The number of carbonyl (C=O) groups excluding carboxylic acids is 3. The van der Waals surface area contributed by atoms with Crippen molar-refractivity contribution >= 4 is 17.3 Å². The molecule has 31 heavy (non-hydrogen) atoms. The molecule has 0 aliphatic rings. The summed E-state index contributed by atoms with van der Waals surface area (Å²) >= 11 is 0. The summed E-state index contributed by atoms with van der Waals surface area (Å²) in [6.45, 7) is -0.679. The molecule has 0 heterocycles. The smallest absolute Gasteiger partial charge is 0.389 e. The fourth-order valence-corrected chi connectivity index (χ4v) is 1.57. The second kappa shape index (κ2) is 12.0. The van der Waals surface area contributed by atoms with Gasteiger partial charge in [-0.2, -0.15) is 39.5 Å². The maximum absolute atomic E-state index is 12.2. The zero-order chi connectivity index (χ0) is 24.3. The quantitative estimate of drug-likeness (QED) is 0.260. The van der Waals surface area contributed by atoms with Crippen molar-refractivity contribution in [3.63, 3.8) is 0 Å². The summed E-state index contributed by atoms with van der Waals surface area (Å²) in [6, 6.07) is 0. The molecule has 6 nitrogen and oxygen atoms in total. The summed E-state index contributed by atoms with van der Waals surface area (Å²) in [7, 11) is 0. The molecule has 176 valence electrons. The van der Waals surface area contributed by atoms with E-state index in [1.807, 2.05) is 0 Å². The van der Waals surface area contributed by atoms with Gasteiger partial charge in [0.2, 0.25) is 0 Å². The second-order valence-corrected chi connectivity index (χ2v) is 5.51. The van der Waals surface area contributed by atoms with E-state index in [2.05, 4.69) is 10.6 Å². The van der Waals surface area contributed by atoms with E-state index in [1.165, 1.54) is 0 Å². The molecule has 0 aliphatic heterocycles. The first kappa shape index (κ1) is 28.0. The Morgan fingerprint density at radius 3 is 1.26 bits per heavy atom. The first-order valence-corrected chi connectivity index (χ1v) is 8.10. The summed E-state index contributed by atoms with van der Waals surface area (Å²) in [5.74, 6) is -6.47. The zero-order valence-corrected chi connectivity index (χ0v) is 15.4. The molecule has 0 spiro atoms. The molecule has 0 radical (unpaired) electrons. The summed E-state index contributed by atoms with van der Waals surface area (Å²) in [5.41, 5.74) is 0. The van der Waals surface area contributed by atoms with E-state index in [4.69, 9.17) is 0 Å². The largest absolute Gasteiger partial charge is 0.454 e. The topological polar surface area (TPSA) is 78.5 Å². The Bertz CT molecular complexity index is 666. The van der Waals surface area contributed by atoms with Crippen LogP contribution in [0.3, 0.4) is 0 Å². The van der Waals surface area contributed by atoms with Crippen molar-refractivity contribution in [2.24, 2.45) is 0 Å². The van der Waals surface area contributed by atoms with E-state index < -0.39 is 35.9 Å². The fraction of sp³-hybridized carbons (Fsp3) is 0.438. The van der Waals surface area contributed by atoms with Crippen molar-refractivity contribution in [2.45, 2.75) is 18.5 Å². The van der Waals surface area contributed by atoms with Crippen LogP contribution < -0.4 is 10.6 Å². The van der Waals surface area contributed by atoms with Gasteiger partial charge in [0.05, 0.1) is 0 Å². The second-order valence-electron chi connectivity index (χ2n) is 5.51. The average Bonchev–Trinajstić information content (AvgIpc) is 2.61. The molecule has 0 amide bonds. The van der Waals surface area contributed by atoms with Crippen LogP contribution in [0.5, 0.6) is 0 Å². The molecule has 0 saturated carbocycles. The molecule has 15 heteroatoms. The molecular weight excluding hydrogens is 453 g/mol.